The number of carbonyl (C=O) groups excluding carboxylic acids is 1. The third-order valence-corrected chi connectivity index (χ3v) is 3.95. The van der Waals surface area contributed by atoms with E-state index >= 15 is 0 Å². The lowest BCUT2D eigenvalue weighted by Crippen LogP contribution is -2.36. The van der Waals surface area contributed by atoms with Gasteiger partial charge in [-0.15, -0.1) is 0 Å². The zero-order chi connectivity index (χ0) is 14.0. The van der Waals surface area contributed by atoms with Gasteiger partial charge in [-0.25, -0.2) is 4.98 Å². The van der Waals surface area contributed by atoms with Crippen LogP contribution in [0.1, 0.15) is 38.1 Å². The summed E-state index contributed by atoms with van der Waals surface area (Å²) in [5, 5.41) is 3.00. The normalized spacial score (nSPS) is 12.1. The van der Waals surface area contributed by atoms with Gasteiger partial charge < -0.3 is 10.3 Å². The molecule has 0 fully saturated rings. The van der Waals surface area contributed by atoms with Gasteiger partial charge in [-0.3, -0.25) is 4.79 Å². The summed E-state index contributed by atoms with van der Waals surface area (Å²) in [5.74, 6) is 0.480. The third-order valence-electron chi connectivity index (χ3n) is 3.95. The number of aromatic amines is 1. The number of rotatable bonds is 4. The monoisotopic (exact) mass is 259 g/mol. The average molecular weight is 259 g/mol. The standard InChI is InChI=1S/C15H21N3O/c1-10(2)15(3,4)8-16-14(19)11-5-6-12-13(7-11)18-9-17-12/h5-7,9-10H,8H2,1-4H3,(H,16,19)(H,17,18). The average Bonchev–Trinajstić information content (AvgIpc) is 2.82. The second-order valence-electron chi connectivity index (χ2n) is 5.96. The Bertz CT molecular complexity index is 584. The minimum absolute atomic E-state index is 0.0368. The Morgan fingerprint density at radius 3 is 2.84 bits per heavy atom. The highest BCUT2D eigenvalue weighted by Gasteiger charge is 2.23. The van der Waals surface area contributed by atoms with E-state index in [9.17, 15) is 4.79 Å². The summed E-state index contributed by atoms with van der Waals surface area (Å²) in [6.45, 7) is 9.34. The van der Waals surface area contributed by atoms with E-state index in [0.29, 0.717) is 18.0 Å². The van der Waals surface area contributed by atoms with Crippen molar-refractivity contribution < 1.29 is 4.79 Å². The highest BCUT2D eigenvalue weighted by molar-refractivity contribution is 5.97. The molecule has 2 N–H and O–H groups in total. The summed E-state index contributed by atoms with van der Waals surface area (Å²) in [6, 6.07) is 5.50. The van der Waals surface area contributed by atoms with Crippen LogP contribution < -0.4 is 5.32 Å². The lowest BCUT2D eigenvalue weighted by Gasteiger charge is -2.29. The molecule has 1 aromatic heterocycles. The van der Waals surface area contributed by atoms with Crippen LogP contribution in [0.4, 0.5) is 0 Å². The molecule has 2 aromatic rings. The second-order valence-corrected chi connectivity index (χ2v) is 5.96. The molecule has 1 amide bonds. The predicted molar refractivity (Wildman–Crippen MR) is 77.0 cm³/mol. The fraction of sp³-hybridized carbons (Fsp3) is 0.467. The first-order valence-electron chi connectivity index (χ1n) is 6.61. The molecule has 0 bridgehead atoms. The maximum absolute atomic E-state index is 12.1. The van der Waals surface area contributed by atoms with E-state index in [-0.39, 0.29) is 11.3 Å². The number of carbonyl (C=O) groups is 1. The number of fused-ring (bicyclic) bond motifs is 1. The zero-order valence-electron chi connectivity index (χ0n) is 11.9. The van der Waals surface area contributed by atoms with Crippen molar-refractivity contribution in [3.63, 3.8) is 0 Å². The number of nitrogens with one attached hydrogen (secondary N) is 2. The first kappa shape index (κ1) is 13.6. The van der Waals surface area contributed by atoms with Crippen LogP contribution in [0.25, 0.3) is 11.0 Å². The van der Waals surface area contributed by atoms with Crippen molar-refractivity contribution in [3.05, 3.63) is 30.1 Å². The van der Waals surface area contributed by atoms with Crippen molar-refractivity contribution in [1.82, 2.24) is 15.3 Å². The van der Waals surface area contributed by atoms with E-state index in [1.165, 1.54) is 0 Å². The molecule has 4 nitrogen and oxygen atoms in total. The van der Waals surface area contributed by atoms with Crippen LogP contribution in [0.2, 0.25) is 0 Å². The van der Waals surface area contributed by atoms with Gasteiger partial charge in [0.05, 0.1) is 17.4 Å². The Hall–Kier alpha value is -1.84. The van der Waals surface area contributed by atoms with Gasteiger partial charge in [0.1, 0.15) is 0 Å². The molecule has 0 atom stereocenters. The van der Waals surface area contributed by atoms with Crippen LogP contribution >= 0.6 is 0 Å². The van der Waals surface area contributed by atoms with E-state index < -0.39 is 0 Å². The molecule has 0 saturated carbocycles. The Morgan fingerprint density at radius 1 is 1.42 bits per heavy atom. The van der Waals surface area contributed by atoms with Gasteiger partial charge >= 0.3 is 0 Å². The van der Waals surface area contributed by atoms with Crippen molar-refractivity contribution in [1.29, 1.82) is 0 Å². The molecule has 0 aliphatic rings. The number of benzene rings is 1. The summed E-state index contributed by atoms with van der Waals surface area (Å²) < 4.78 is 0. The van der Waals surface area contributed by atoms with Crippen molar-refractivity contribution in [2.75, 3.05) is 6.54 Å². The molecular weight excluding hydrogens is 238 g/mol. The van der Waals surface area contributed by atoms with Crippen molar-refractivity contribution >= 4 is 16.9 Å². The quantitative estimate of drug-likeness (QED) is 0.886. The Kier molecular flexibility index (Phi) is 3.60. The van der Waals surface area contributed by atoms with Crippen LogP contribution in [0.3, 0.4) is 0 Å². The van der Waals surface area contributed by atoms with E-state index in [1.807, 2.05) is 12.1 Å². The second kappa shape index (κ2) is 5.03. The molecule has 0 aliphatic carbocycles. The molecule has 102 valence electrons. The molecule has 0 aliphatic heterocycles. The zero-order valence-corrected chi connectivity index (χ0v) is 11.9. The smallest absolute Gasteiger partial charge is 0.251 e. The molecule has 0 saturated heterocycles. The number of amides is 1. The number of imidazole rings is 1. The summed E-state index contributed by atoms with van der Waals surface area (Å²) in [5.41, 5.74) is 2.51. The number of nitrogens with zero attached hydrogens (tertiary/aromatic N) is 1. The predicted octanol–water partition coefficient (Wildman–Crippen LogP) is 2.97. The van der Waals surface area contributed by atoms with E-state index in [0.717, 1.165) is 11.0 Å². The molecule has 1 aromatic carbocycles. The van der Waals surface area contributed by atoms with E-state index in [2.05, 4.69) is 43.0 Å². The minimum atomic E-state index is -0.0368. The number of hydrogen-bond donors (Lipinski definition) is 2. The summed E-state index contributed by atoms with van der Waals surface area (Å²) in [7, 11) is 0. The van der Waals surface area contributed by atoms with E-state index in [4.69, 9.17) is 0 Å². The Labute approximate surface area is 113 Å². The summed E-state index contributed by atoms with van der Waals surface area (Å²) >= 11 is 0. The van der Waals surface area contributed by atoms with E-state index in [1.54, 1.807) is 12.4 Å². The Balaban J connectivity index is 2.07. The first-order valence-corrected chi connectivity index (χ1v) is 6.61. The molecule has 1 heterocycles. The lowest BCUT2D eigenvalue weighted by atomic mass is 9.81. The summed E-state index contributed by atoms with van der Waals surface area (Å²) in [4.78, 5) is 19.3. The number of H-pyrrole nitrogens is 1. The fourth-order valence-electron chi connectivity index (χ4n) is 1.69. The molecular formula is C15H21N3O. The largest absolute Gasteiger partial charge is 0.351 e. The Morgan fingerprint density at radius 2 is 2.16 bits per heavy atom. The molecule has 4 heteroatoms. The molecule has 0 spiro atoms. The number of aromatic nitrogens is 2. The van der Waals surface area contributed by atoms with Crippen molar-refractivity contribution in [2.45, 2.75) is 27.7 Å². The van der Waals surface area contributed by atoms with Gasteiger partial charge in [0.15, 0.2) is 0 Å². The van der Waals surface area contributed by atoms with Crippen LogP contribution in [-0.4, -0.2) is 22.4 Å². The third kappa shape index (κ3) is 2.95. The first-order chi connectivity index (χ1) is 8.90. The highest BCUT2D eigenvalue weighted by Crippen LogP contribution is 2.24. The maximum Gasteiger partial charge on any atom is 0.251 e. The number of hydrogen-bond acceptors (Lipinski definition) is 2. The van der Waals surface area contributed by atoms with Crippen molar-refractivity contribution in [2.24, 2.45) is 11.3 Å². The molecule has 0 radical (unpaired) electrons. The molecule has 19 heavy (non-hydrogen) atoms. The lowest BCUT2D eigenvalue weighted by molar-refractivity contribution is 0.0925. The van der Waals surface area contributed by atoms with Crippen molar-refractivity contribution in [3.8, 4) is 0 Å². The van der Waals surface area contributed by atoms with Crippen LogP contribution in [0, 0.1) is 11.3 Å². The van der Waals surface area contributed by atoms with Crippen LogP contribution in [0.15, 0.2) is 24.5 Å². The van der Waals surface area contributed by atoms with Gasteiger partial charge in [-0.05, 0) is 29.5 Å². The topological polar surface area (TPSA) is 57.8 Å². The minimum Gasteiger partial charge on any atom is -0.351 e. The van der Waals surface area contributed by atoms with Gasteiger partial charge in [-0.1, -0.05) is 27.7 Å². The summed E-state index contributed by atoms with van der Waals surface area (Å²) in [6.07, 6.45) is 1.63. The maximum atomic E-state index is 12.1. The molecule has 2 rings (SSSR count). The SMILES string of the molecule is CC(C)C(C)(C)CNC(=O)c1ccc2nc[nH]c2c1. The van der Waals surface area contributed by atoms with Crippen LogP contribution in [-0.2, 0) is 0 Å². The van der Waals surface area contributed by atoms with Crippen LogP contribution in [0.5, 0.6) is 0 Å². The van der Waals surface area contributed by atoms with Gasteiger partial charge in [0, 0.05) is 12.1 Å². The van der Waals surface area contributed by atoms with Gasteiger partial charge in [0.25, 0.3) is 5.91 Å². The van der Waals surface area contributed by atoms with Gasteiger partial charge in [-0.2, -0.15) is 0 Å². The van der Waals surface area contributed by atoms with Gasteiger partial charge in [0.2, 0.25) is 0 Å². The highest BCUT2D eigenvalue weighted by atomic mass is 16.1. The fourth-order valence-corrected chi connectivity index (χ4v) is 1.69. The molecule has 0 unspecified atom stereocenters.